The molecule has 4 unspecified atom stereocenters. The molecule has 0 radical (unpaired) electrons. The fourth-order valence-corrected chi connectivity index (χ4v) is 5.07. The second-order valence-corrected chi connectivity index (χ2v) is 9.09. The van der Waals surface area contributed by atoms with Crippen LogP contribution in [-0.4, -0.2) is 37.7 Å². The zero-order chi connectivity index (χ0) is 20.9. The van der Waals surface area contributed by atoms with Crippen molar-refractivity contribution in [2.45, 2.75) is 56.8 Å². The Kier molecular flexibility index (Phi) is 7.21. The van der Waals surface area contributed by atoms with Gasteiger partial charge in [0.05, 0.1) is 18.2 Å². The number of carbonyl (C=O) groups is 1. The van der Waals surface area contributed by atoms with Crippen LogP contribution in [0.25, 0.3) is 6.08 Å². The van der Waals surface area contributed by atoms with E-state index in [-0.39, 0.29) is 36.4 Å². The standard InChI is InChI=1S/C21H26FNO5S/c22-16-9-7-15(8-10-16)13-14-29(26,27)23-21-17(18-11-12-19(21)28-18)5-3-1-2-4-6-20(24)25/h1,3,7-10,13-14,17-19,21,23H,2,4-6,11-12H2,(H,24,25)/b3-1+,14-13+. The Labute approximate surface area is 170 Å². The Morgan fingerprint density at radius 1 is 1.21 bits per heavy atom. The molecule has 2 aliphatic heterocycles. The highest BCUT2D eigenvalue weighted by atomic mass is 32.2. The number of carboxylic acids is 1. The average Bonchev–Trinajstić information content (AvgIpc) is 3.26. The summed E-state index contributed by atoms with van der Waals surface area (Å²) in [6.45, 7) is 0. The molecule has 0 aromatic heterocycles. The van der Waals surface area contributed by atoms with Gasteiger partial charge in [0.1, 0.15) is 5.82 Å². The van der Waals surface area contributed by atoms with E-state index in [0.29, 0.717) is 24.8 Å². The van der Waals surface area contributed by atoms with Gasteiger partial charge in [-0.25, -0.2) is 17.5 Å². The highest BCUT2D eigenvalue weighted by molar-refractivity contribution is 7.92. The average molecular weight is 424 g/mol. The lowest BCUT2D eigenvalue weighted by Crippen LogP contribution is -2.46. The van der Waals surface area contributed by atoms with Crippen LogP contribution in [0.3, 0.4) is 0 Å². The Bertz CT molecular complexity index is 866. The van der Waals surface area contributed by atoms with E-state index in [0.717, 1.165) is 18.2 Å². The number of unbranched alkanes of at least 4 members (excludes halogenated alkanes) is 1. The van der Waals surface area contributed by atoms with Gasteiger partial charge in [-0.2, -0.15) is 0 Å². The van der Waals surface area contributed by atoms with Crippen LogP contribution in [0.2, 0.25) is 0 Å². The SMILES string of the molecule is O=C(O)CCC/C=C/CC1C2CCC(O2)C1NS(=O)(=O)/C=C/c1ccc(F)cc1. The number of ether oxygens (including phenoxy) is 1. The third-order valence-electron chi connectivity index (χ3n) is 5.37. The first-order valence-corrected chi connectivity index (χ1v) is 11.4. The second-order valence-electron chi connectivity index (χ2n) is 7.49. The highest BCUT2D eigenvalue weighted by Gasteiger charge is 2.49. The lowest BCUT2D eigenvalue weighted by molar-refractivity contribution is -0.137. The van der Waals surface area contributed by atoms with E-state index in [4.69, 9.17) is 9.84 Å². The van der Waals surface area contributed by atoms with Crippen LogP contribution < -0.4 is 4.72 Å². The van der Waals surface area contributed by atoms with Crippen molar-refractivity contribution >= 4 is 22.1 Å². The molecule has 8 heteroatoms. The predicted octanol–water partition coefficient (Wildman–Crippen LogP) is 3.46. The van der Waals surface area contributed by atoms with Crippen molar-refractivity contribution in [2.24, 2.45) is 5.92 Å². The monoisotopic (exact) mass is 423 g/mol. The van der Waals surface area contributed by atoms with Crippen LogP contribution >= 0.6 is 0 Å². The van der Waals surface area contributed by atoms with Gasteiger partial charge in [0, 0.05) is 17.7 Å². The summed E-state index contributed by atoms with van der Waals surface area (Å²) in [4.78, 5) is 10.5. The number of nitrogens with one attached hydrogen (secondary N) is 1. The van der Waals surface area contributed by atoms with Crippen molar-refractivity contribution in [3.63, 3.8) is 0 Å². The minimum Gasteiger partial charge on any atom is -0.481 e. The summed E-state index contributed by atoms with van der Waals surface area (Å²) in [5.74, 6) is -1.12. The molecular weight excluding hydrogens is 397 g/mol. The van der Waals surface area contributed by atoms with Gasteiger partial charge in [0.15, 0.2) is 0 Å². The molecule has 2 heterocycles. The fraction of sp³-hybridized carbons (Fsp3) is 0.476. The summed E-state index contributed by atoms with van der Waals surface area (Å²) in [7, 11) is -3.67. The van der Waals surface area contributed by atoms with Crippen molar-refractivity contribution in [1.82, 2.24) is 4.72 Å². The molecule has 1 aromatic rings. The number of aliphatic carboxylic acids is 1. The maximum atomic E-state index is 13.0. The first kappa shape index (κ1) is 21.7. The molecular formula is C21H26FNO5S. The molecule has 0 aliphatic carbocycles. The van der Waals surface area contributed by atoms with Crippen LogP contribution in [0.15, 0.2) is 41.8 Å². The molecule has 0 amide bonds. The Hall–Kier alpha value is -2.03. The summed E-state index contributed by atoms with van der Waals surface area (Å²) in [6, 6.07) is 5.30. The number of benzene rings is 1. The molecule has 0 saturated carbocycles. The van der Waals surface area contributed by atoms with Gasteiger partial charge in [-0.3, -0.25) is 4.79 Å². The summed E-state index contributed by atoms with van der Waals surface area (Å²) in [6.07, 6.45) is 9.15. The number of sulfonamides is 1. The lowest BCUT2D eigenvalue weighted by Gasteiger charge is -2.27. The Morgan fingerprint density at radius 2 is 1.93 bits per heavy atom. The molecule has 158 valence electrons. The van der Waals surface area contributed by atoms with E-state index in [1.54, 1.807) is 0 Å². The third-order valence-corrected chi connectivity index (χ3v) is 6.47. The molecule has 2 fully saturated rings. The molecule has 0 spiro atoms. The topological polar surface area (TPSA) is 92.7 Å². The Balaban J connectivity index is 1.58. The number of carboxylic acid groups (broad SMARTS) is 1. The smallest absolute Gasteiger partial charge is 0.303 e. The van der Waals surface area contributed by atoms with E-state index in [2.05, 4.69) is 4.72 Å². The lowest BCUT2D eigenvalue weighted by atomic mass is 9.83. The van der Waals surface area contributed by atoms with E-state index in [1.165, 1.54) is 30.3 Å². The van der Waals surface area contributed by atoms with Gasteiger partial charge in [-0.15, -0.1) is 0 Å². The van der Waals surface area contributed by atoms with Gasteiger partial charge < -0.3 is 9.84 Å². The second kappa shape index (κ2) is 9.65. The van der Waals surface area contributed by atoms with Crippen molar-refractivity contribution in [1.29, 1.82) is 0 Å². The van der Waals surface area contributed by atoms with Gasteiger partial charge in [0.2, 0.25) is 10.0 Å². The van der Waals surface area contributed by atoms with Gasteiger partial charge in [-0.1, -0.05) is 24.3 Å². The van der Waals surface area contributed by atoms with Gasteiger partial charge in [-0.05, 0) is 55.9 Å². The van der Waals surface area contributed by atoms with Crippen LogP contribution in [0.1, 0.15) is 44.1 Å². The largest absolute Gasteiger partial charge is 0.481 e. The minimum atomic E-state index is -3.67. The molecule has 4 atom stereocenters. The normalized spacial score (nSPS) is 26.7. The number of allylic oxidation sites excluding steroid dienone is 2. The maximum absolute atomic E-state index is 13.0. The quantitative estimate of drug-likeness (QED) is 0.444. The molecule has 2 N–H and O–H groups in total. The molecule has 1 aromatic carbocycles. The number of hydrogen-bond donors (Lipinski definition) is 2. The Morgan fingerprint density at radius 3 is 2.66 bits per heavy atom. The third kappa shape index (κ3) is 6.22. The zero-order valence-corrected chi connectivity index (χ0v) is 16.9. The number of fused-ring (bicyclic) bond motifs is 2. The molecule has 2 saturated heterocycles. The van der Waals surface area contributed by atoms with E-state index in [9.17, 15) is 17.6 Å². The maximum Gasteiger partial charge on any atom is 0.303 e. The van der Waals surface area contributed by atoms with Gasteiger partial charge >= 0.3 is 5.97 Å². The van der Waals surface area contributed by atoms with Crippen molar-refractivity contribution in [2.75, 3.05) is 0 Å². The molecule has 2 bridgehead atoms. The summed E-state index contributed by atoms with van der Waals surface area (Å²) >= 11 is 0. The molecule has 6 nitrogen and oxygen atoms in total. The molecule has 2 aliphatic rings. The predicted molar refractivity (Wildman–Crippen MR) is 108 cm³/mol. The number of halogens is 1. The minimum absolute atomic E-state index is 0.0393. The van der Waals surface area contributed by atoms with Crippen molar-refractivity contribution < 1.29 is 27.4 Å². The first-order chi connectivity index (χ1) is 13.8. The zero-order valence-electron chi connectivity index (χ0n) is 16.0. The summed E-state index contributed by atoms with van der Waals surface area (Å²) in [5, 5.41) is 9.76. The van der Waals surface area contributed by atoms with Crippen LogP contribution in [-0.2, 0) is 19.6 Å². The fourth-order valence-electron chi connectivity index (χ4n) is 3.95. The highest BCUT2D eigenvalue weighted by Crippen LogP contribution is 2.41. The van der Waals surface area contributed by atoms with E-state index >= 15 is 0 Å². The van der Waals surface area contributed by atoms with Gasteiger partial charge in [0.25, 0.3) is 0 Å². The van der Waals surface area contributed by atoms with E-state index < -0.39 is 16.0 Å². The molecule has 3 rings (SSSR count). The van der Waals surface area contributed by atoms with E-state index in [1.807, 2.05) is 12.2 Å². The van der Waals surface area contributed by atoms with Crippen LogP contribution in [0.5, 0.6) is 0 Å². The number of rotatable bonds is 10. The van der Waals surface area contributed by atoms with Crippen molar-refractivity contribution in [3.8, 4) is 0 Å². The van der Waals surface area contributed by atoms with Crippen molar-refractivity contribution in [3.05, 3.63) is 53.2 Å². The first-order valence-electron chi connectivity index (χ1n) is 9.82. The van der Waals surface area contributed by atoms with Crippen LogP contribution in [0.4, 0.5) is 4.39 Å². The van der Waals surface area contributed by atoms with Crippen LogP contribution in [0, 0.1) is 11.7 Å². The number of hydrogen-bond acceptors (Lipinski definition) is 4. The summed E-state index contributed by atoms with van der Waals surface area (Å²) in [5.41, 5.74) is 0.599. The summed E-state index contributed by atoms with van der Waals surface area (Å²) < 4.78 is 46.7. The molecule has 29 heavy (non-hydrogen) atoms.